The Morgan fingerprint density at radius 3 is 2.10 bits per heavy atom. The largest absolute Gasteiger partial charge is 0.491 e. The van der Waals surface area contributed by atoms with Crippen molar-refractivity contribution >= 4 is 25.5 Å². The second-order valence-corrected chi connectivity index (χ2v) is 14.0. The number of alkyl halides is 6. The molecular weight excluding hydrogens is 576 g/mol. The van der Waals surface area contributed by atoms with E-state index < -0.39 is 71.9 Å². The van der Waals surface area contributed by atoms with Crippen molar-refractivity contribution in [2.45, 2.75) is 76.7 Å². The summed E-state index contributed by atoms with van der Waals surface area (Å²) >= 11 is 0. The fourth-order valence-electron chi connectivity index (χ4n) is 3.97. The van der Waals surface area contributed by atoms with Crippen LogP contribution >= 0.6 is 0 Å². The molecule has 0 saturated heterocycles. The van der Waals surface area contributed by atoms with Gasteiger partial charge in [-0.3, -0.25) is 5.10 Å². The summed E-state index contributed by atoms with van der Waals surface area (Å²) in [4.78, 5) is 0. The Bertz CT molecular complexity index is 1330. The molecule has 2 aromatic rings. The van der Waals surface area contributed by atoms with E-state index in [9.17, 15) is 43.2 Å². The van der Waals surface area contributed by atoms with E-state index in [0.29, 0.717) is 12.8 Å². The summed E-state index contributed by atoms with van der Waals surface area (Å²) in [7, 11) is -11.2. The summed E-state index contributed by atoms with van der Waals surface area (Å²) < 4.78 is 139. The molecule has 16 heteroatoms. The van der Waals surface area contributed by atoms with Crippen LogP contribution in [0.25, 0.3) is 0 Å². The van der Waals surface area contributed by atoms with Crippen LogP contribution in [0.5, 0.6) is 5.75 Å². The zero-order valence-electron chi connectivity index (χ0n) is 21.9. The smallest absolute Gasteiger partial charge is 0.404 e. The van der Waals surface area contributed by atoms with Crippen LogP contribution in [0.2, 0.25) is 0 Å². The molecule has 1 aromatic heterocycles. The van der Waals surface area contributed by atoms with Crippen molar-refractivity contribution < 1.29 is 47.9 Å². The van der Waals surface area contributed by atoms with Gasteiger partial charge in [0.25, 0.3) is 0 Å². The predicted octanol–water partition coefficient (Wildman–Crippen LogP) is 5.65. The van der Waals surface area contributed by atoms with Crippen LogP contribution in [0.1, 0.15) is 64.1 Å². The van der Waals surface area contributed by atoms with Gasteiger partial charge in [0.1, 0.15) is 11.5 Å². The quantitative estimate of drug-likeness (QED) is 0.331. The summed E-state index contributed by atoms with van der Waals surface area (Å²) in [6, 6.07) is 4.53. The van der Waals surface area contributed by atoms with Gasteiger partial charge < -0.3 is 4.74 Å². The van der Waals surface area contributed by atoms with Gasteiger partial charge in [-0.15, -0.1) is 0 Å². The lowest BCUT2D eigenvalue weighted by Crippen LogP contribution is -2.45. The molecule has 0 aliphatic rings. The maximum absolute atomic E-state index is 13.4. The molecule has 0 spiro atoms. The molecule has 1 aromatic carbocycles. The number of benzene rings is 1. The minimum absolute atomic E-state index is 0.0177. The van der Waals surface area contributed by atoms with E-state index in [1.807, 2.05) is 6.92 Å². The number of halogens is 6. The third-order valence-corrected chi connectivity index (χ3v) is 9.07. The minimum atomic E-state index is -5.65. The summed E-state index contributed by atoms with van der Waals surface area (Å²) in [6.45, 7) is 8.17. The summed E-state index contributed by atoms with van der Waals surface area (Å²) in [5.74, 6) is -5.05. The predicted molar refractivity (Wildman–Crippen MR) is 134 cm³/mol. The normalized spacial score (nSPS) is 15.2. The van der Waals surface area contributed by atoms with Crippen LogP contribution in [-0.4, -0.2) is 57.0 Å². The van der Waals surface area contributed by atoms with Crippen molar-refractivity contribution in [2.75, 3.05) is 15.8 Å². The molecule has 222 valence electrons. The molecule has 0 aliphatic heterocycles. The van der Waals surface area contributed by atoms with E-state index >= 15 is 0 Å². The second-order valence-electron chi connectivity index (χ2n) is 10.1. The Balaban J connectivity index is 2.93. The molecule has 0 amide bonds. The number of anilines is 1. The number of ether oxygens (including phenoxy) is 1. The van der Waals surface area contributed by atoms with E-state index in [2.05, 4.69) is 10.2 Å². The monoisotopic (exact) mass is 607 g/mol. The third-order valence-electron chi connectivity index (χ3n) is 5.35. The first-order chi connectivity index (χ1) is 17.6. The molecule has 2 unspecified atom stereocenters. The zero-order valence-corrected chi connectivity index (χ0v) is 23.5. The summed E-state index contributed by atoms with van der Waals surface area (Å²) in [5, 5.41) is 3.41. The molecule has 2 rings (SSSR count). The zero-order chi connectivity index (χ0) is 30.0. The summed E-state index contributed by atoms with van der Waals surface area (Å²) in [5.41, 5.74) is -2.26. The standard InChI is InChI=1S/C23H31F6N3O5S2/c1-6-8-15(2)37-17-10-7-9-16(11-17)32(39(35,36)14-23(27,28)29)20(38(33,34)13-22(24,25)26)18-12-30-31-19(18)21(3,4)5/h7,9-12,15,20H,6,8,13-14H2,1-5H3,(H,30,31). The molecule has 0 saturated carbocycles. The van der Waals surface area contributed by atoms with Gasteiger partial charge in [0.2, 0.25) is 10.0 Å². The van der Waals surface area contributed by atoms with Gasteiger partial charge >= 0.3 is 12.4 Å². The Morgan fingerprint density at radius 1 is 1.00 bits per heavy atom. The molecular formula is C23H31F6N3O5S2. The summed E-state index contributed by atoms with van der Waals surface area (Å²) in [6.07, 6.45) is -9.01. The number of sulfone groups is 1. The van der Waals surface area contributed by atoms with Crippen LogP contribution in [-0.2, 0) is 25.3 Å². The van der Waals surface area contributed by atoms with Crippen molar-refractivity contribution in [1.29, 1.82) is 0 Å². The highest BCUT2D eigenvalue weighted by Gasteiger charge is 2.50. The van der Waals surface area contributed by atoms with Gasteiger partial charge in [-0.1, -0.05) is 40.2 Å². The SMILES string of the molecule is CCCC(C)Oc1cccc(N(C(c2cn[nH]c2C(C)(C)C)S(=O)(=O)CC(F)(F)F)S(=O)(=O)CC(F)(F)F)c1. The van der Waals surface area contributed by atoms with E-state index in [0.717, 1.165) is 18.3 Å². The Morgan fingerprint density at radius 2 is 1.59 bits per heavy atom. The van der Waals surface area contributed by atoms with Crippen LogP contribution in [0.4, 0.5) is 32.0 Å². The molecule has 8 nitrogen and oxygen atoms in total. The average Bonchev–Trinajstić information content (AvgIpc) is 3.18. The molecule has 1 N–H and O–H groups in total. The van der Waals surface area contributed by atoms with Crippen LogP contribution in [0, 0.1) is 0 Å². The molecule has 1 heterocycles. The highest BCUT2D eigenvalue weighted by molar-refractivity contribution is 7.96. The van der Waals surface area contributed by atoms with Gasteiger partial charge in [0, 0.05) is 22.7 Å². The van der Waals surface area contributed by atoms with E-state index in [-0.39, 0.29) is 15.7 Å². The maximum Gasteiger partial charge on any atom is 0.404 e. The highest BCUT2D eigenvalue weighted by atomic mass is 32.2. The topological polar surface area (TPSA) is 109 Å². The first-order valence-electron chi connectivity index (χ1n) is 11.7. The van der Waals surface area contributed by atoms with Crippen molar-refractivity contribution in [1.82, 2.24) is 10.2 Å². The number of aromatic nitrogens is 2. The number of aromatic amines is 1. The minimum Gasteiger partial charge on any atom is -0.491 e. The number of sulfonamides is 1. The number of H-pyrrole nitrogens is 1. The van der Waals surface area contributed by atoms with Crippen LogP contribution in [0.3, 0.4) is 0 Å². The Kier molecular flexibility index (Phi) is 9.69. The molecule has 0 aliphatic carbocycles. The molecule has 0 fully saturated rings. The lowest BCUT2D eigenvalue weighted by atomic mass is 9.89. The van der Waals surface area contributed by atoms with Gasteiger partial charge in [0.05, 0.1) is 18.0 Å². The van der Waals surface area contributed by atoms with Gasteiger partial charge in [-0.25, -0.2) is 21.1 Å². The average molecular weight is 608 g/mol. The van der Waals surface area contributed by atoms with Crippen LogP contribution in [0.15, 0.2) is 30.5 Å². The van der Waals surface area contributed by atoms with Crippen molar-refractivity contribution in [3.63, 3.8) is 0 Å². The third kappa shape index (κ3) is 9.01. The highest BCUT2D eigenvalue weighted by Crippen LogP contribution is 2.42. The van der Waals surface area contributed by atoms with Crippen molar-refractivity contribution in [2.24, 2.45) is 0 Å². The number of nitrogens with zero attached hydrogens (tertiary/aromatic N) is 2. The van der Waals surface area contributed by atoms with Gasteiger partial charge in [-0.05, 0) is 25.5 Å². The number of rotatable bonds is 11. The number of hydrogen-bond donors (Lipinski definition) is 1. The second kappa shape index (κ2) is 11.6. The fraction of sp³-hybridized carbons (Fsp3) is 0.609. The van der Waals surface area contributed by atoms with Gasteiger partial charge in [-0.2, -0.15) is 31.4 Å². The van der Waals surface area contributed by atoms with E-state index in [4.69, 9.17) is 4.74 Å². The van der Waals surface area contributed by atoms with E-state index in [1.54, 1.807) is 6.92 Å². The first-order valence-corrected chi connectivity index (χ1v) is 15.1. The molecule has 39 heavy (non-hydrogen) atoms. The van der Waals surface area contributed by atoms with Crippen LogP contribution < -0.4 is 9.04 Å². The molecule has 2 atom stereocenters. The van der Waals surface area contributed by atoms with Gasteiger partial charge in [0.15, 0.2) is 21.0 Å². The van der Waals surface area contributed by atoms with Crippen molar-refractivity contribution in [3.05, 3.63) is 41.7 Å². The molecule has 0 radical (unpaired) electrons. The lowest BCUT2D eigenvalue weighted by Gasteiger charge is -2.34. The fourth-order valence-corrected chi connectivity index (χ4v) is 7.74. The lowest BCUT2D eigenvalue weighted by molar-refractivity contribution is -0.107. The number of hydrogen-bond acceptors (Lipinski definition) is 6. The Hall–Kier alpha value is -2.49. The van der Waals surface area contributed by atoms with E-state index in [1.165, 1.54) is 32.9 Å². The molecule has 0 bridgehead atoms. The Labute approximate surface area is 223 Å². The first kappa shape index (κ1) is 32.7. The number of nitrogens with one attached hydrogen (secondary N) is 1. The van der Waals surface area contributed by atoms with Crippen molar-refractivity contribution in [3.8, 4) is 5.75 Å². The maximum atomic E-state index is 13.4.